The van der Waals surface area contributed by atoms with Crippen molar-refractivity contribution in [1.82, 2.24) is 20.4 Å². The highest BCUT2D eigenvalue weighted by atomic mass is 16.5. The van der Waals surface area contributed by atoms with Crippen molar-refractivity contribution in [3.63, 3.8) is 0 Å². The third-order valence-electron chi connectivity index (χ3n) is 5.26. The van der Waals surface area contributed by atoms with E-state index in [0.29, 0.717) is 13.2 Å². The normalized spacial score (nSPS) is 15.8. The van der Waals surface area contributed by atoms with Gasteiger partial charge in [-0.2, -0.15) is 0 Å². The van der Waals surface area contributed by atoms with Gasteiger partial charge in [0.2, 0.25) is 0 Å². The van der Waals surface area contributed by atoms with E-state index in [4.69, 9.17) is 14.5 Å². The predicted octanol–water partition coefficient (Wildman–Crippen LogP) is 2.22. The zero-order valence-electron chi connectivity index (χ0n) is 19.4. The van der Waals surface area contributed by atoms with Crippen LogP contribution in [0.4, 0.5) is 0 Å². The van der Waals surface area contributed by atoms with Gasteiger partial charge in [-0.15, -0.1) is 0 Å². The number of aliphatic imine (C=N–C) groups is 1. The van der Waals surface area contributed by atoms with E-state index in [2.05, 4.69) is 46.4 Å². The van der Waals surface area contributed by atoms with Gasteiger partial charge in [-0.25, -0.2) is 0 Å². The highest BCUT2D eigenvalue weighted by Crippen LogP contribution is 2.28. The maximum absolute atomic E-state index is 5.73. The molecule has 0 saturated carbocycles. The second kappa shape index (κ2) is 14.1. The highest BCUT2D eigenvalue weighted by Gasteiger charge is 2.14. The Kier molecular flexibility index (Phi) is 11.4. The summed E-state index contributed by atoms with van der Waals surface area (Å²) in [4.78, 5) is 9.77. The van der Waals surface area contributed by atoms with Gasteiger partial charge in [-0.1, -0.05) is 13.0 Å². The van der Waals surface area contributed by atoms with E-state index in [0.717, 1.165) is 69.7 Å². The Hall–Kier alpha value is -1.99. The Bertz CT molecular complexity index is 630. The average Bonchev–Trinajstić information content (AvgIpc) is 2.76. The standard InChI is InChI=1S/C23H41N5O2/c1-5-24-23(26-13-14-28-17-15-27(6-2)16-18-28)25-12-11-20-9-10-21(29-7-3)22(19-20)30-8-4/h9-10,19H,5-8,11-18H2,1-4H3,(H2,24,25,26). The Labute approximate surface area is 182 Å². The molecule has 1 aliphatic rings. The van der Waals surface area contributed by atoms with Crippen LogP contribution in [0.1, 0.15) is 33.3 Å². The van der Waals surface area contributed by atoms with Crippen LogP contribution < -0.4 is 20.1 Å². The van der Waals surface area contributed by atoms with Crippen molar-refractivity contribution in [2.24, 2.45) is 4.99 Å². The molecule has 2 N–H and O–H groups in total. The number of hydrogen-bond acceptors (Lipinski definition) is 5. The first-order valence-corrected chi connectivity index (χ1v) is 11.5. The summed E-state index contributed by atoms with van der Waals surface area (Å²) in [6, 6.07) is 6.19. The van der Waals surface area contributed by atoms with Crippen molar-refractivity contribution in [3.05, 3.63) is 23.8 Å². The van der Waals surface area contributed by atoms with Gasteiger partial charge in [0.25, 0.3) is 0 Å². The van der Waals surface area contributed by atoms with Crippen molar-refractivity contribution in [1.29, 1.82) is 0 Å². The lowest BCUT2D eigenvalue weighted by atomic mass is 10.1. The smallest absolute Gasteiger partial charge is 0.191 e. The Balaban J connectivity index is 1.79. The van der Waals surface area contributed by atoms with Gasteiger partial charge in [0.15, 0.2) is 17.5 Å². The number of piperazine rings is 1. The molecule has 7 heteroatoms. The molecule has 0 unspecified atom stereocenters. The van der Waals surface area contributed by atoms with Gasteiger partial charge in [0, 0.05) is 45.8 Å². The molecule has 30 heavy (non-hydrogen) atoms. The Morgan fingerprint density at radius 1 is 0.933 bits per heavy atom. The monoisotopic (exact) mass is 419 g/mol. The van der Waals surface area contributed by atoms with Crippen molar-refractivity contribution in [2.75, 3.05) is 72.1 Å². The number of hydrogen-bond donors (Lipinski definition) is 2. The first-order valence-electron chi connectivity index (χ1n) is 11.5. The van der Waals surface area contributed by atoms with Crippen LogP contribution in [-0.4, -0.2) is 87.9 Å². The summed E-state index contributed by atoms with van der Waals surface area (Å²) in [5, 5.41) is 6.80. The summed E-state index contributed by atoms with van der Waals surface area (Å²) in [6.45, 7) is 18.9. The van der Waals surface area contributed by atoms with E-state index < -0.39 is 0 Å². The molecule has 2 rings (SSSR count). The largest absolute Gasteiger partial charge is 0.490 e. The topological polar surface area (TPSA) is 61.4 Å². The fraction of sp³-hybridized carbons (Fsp3) is 0.696. The highest BCUT2D eigenvalue weighted by molar-refractivity contribution is 5.79. The summed E-state index contributed by atoms with van der Waals surface area (Å²) >= 11 is 0. The second-order valence-electron chi connectivity index (χ2n) is 7.36. The Morgan fingerprint density at radius 3 is 2.30 bits per heavy atom. The number of ether oxygens (including phenoxy) is 2. The molecular weight excluding hydrogens is 378 g/mol. The van der Waals surface area contributed by atoms with Gasteiger partial charge >= 0.3 is 0 Å². The van der Waals surface area contributed by atoms with E-state index in [1.165, 1.54) is 18.7 Å². The fourth-order valence-electron chi connectivity index (χ4n) is 3.55. The average molecular weight is 420 g/mol. The summed E-state index contributed by atoms with van der Waals surface area (Å²) in [5.74, 6) is 2.52. The lowest BCUT2D eigenvalue weighted by Crippen LogP contribution is -2.47. The minimum atomic E-state index is 0.631. The first-order chi connectivity index (χ1) is 14.7. The van der Waals surface area contributed by atoms with E-state index >= 15 is 0 Å². The van der Waals surface area contributed by atoms with Gasteiger partial charge in [0.05, 0.1) is 19.8 Å². The molecular formula is C23H41N5O2. The van der Waals surface area contributed by atoms with Crippen molar-refractivity contribution < 1.29 is 9.47 Å². The maximum Gasteiger partial charge on any atom is 0.191 e. The SMILES string of the molecule is CCNC(=NCCN1CCN(CC)CC1)NCCc1ccc(OCC)c(OCC)c1. The molecule has 1 fully saturated rings. The molecule has 0 aliphatic carbocycles. The number of likely N-dealkylation sites (N-methyl/N-ethyl adjacent to an activating group) is 1. The van der Waals surface area contributed by atoms with Crippen LogP contribution in [0.5, 0.6) is 11.5 Å². The molecule has 0 radical (unpaired) electrons. The quantitative estimate of drug-likeness (QED) is 0.400. The van der Waals surface area contributed by atoms with Crippen LogP contribution in [0.25, 0.3) is 0 Å². The predicted molar refractivity (Wildman–Crippen MR) is 125 cm³/mol. The zero-order valence-corrected chi connectivity index (χ0v) is 19.4. The number of nitrogens with one attached hydrogen (secondary N) is 2. The van der Waals surface area contributed by atoms with Gasteiger partial charge in [-0.3, -0.25) is 9.89 Å². The summed E-state index contributed by atoms with van der Waals surface area (Å²) in [7, 11) is 0. The number of nitrogens with zero attached hydrogens (tertiary/aromatic N) is 3. The summed E-state index contributed by atoms with van der Waals surface area (Å²) in [6.07, 6.45) is 0.899. The van der Waals surface area contributed by atoms with Crippen LogP contribution in [0, 0.1) is 0 Å². The van der Waals surface area contributed by atoms with Gasteiger partial charge in [0.1, 0.15) is 0 Å². The van der Waals surface area contributed by atoms with E-state index in [9.17, 15) is 0 Å². The van der Waals surface area contributed by atoms with Crippen molar-refractivity contribution in [2.45, 2.75) is 34.1 Å². The van der Waals surface area contributed by atoms with Crippen LogP contribution in [0.3, 0.4) is 0 Å². The molecule has 170 valence electrons. The van der Waals surface area contributed by atoms with Gasteiger partial charge in [-0.05, 0) is 51.4 Å². The van der Waals surface area contributed by atoms with E-state index in [-0.39, 0.29) is 0 Å². The van der Waals surface area contributed by atoms with Crippen LogP contribution in [0.15, 0.2) is 23.2 Å². The van der Waals surface area contributed by atoms with Crippen LogP contribution in [-0.2, 0) is 6.42 Å². The molecule has 1 aliphatic heterocycles. The molecule has 0 amide bonds. The van der Waals surface area contributed by atoms with Crippen LogP contribution >= 0.6 is 0 Å². The third kappa shape index (κ3) is 8.40. The molecule has 0 bridgehead atoms. The van der Waals surface area contributed by atoms with E-state index in [1.54, 1.807) is 0 Å². The third-order valence-corrected chi connectivity index (χ3v) is 5.26. The van der Waals surface area contributed by atoms with Crippen LogP contribution in [0.2, 0.25) is 0 Å². The Morgan fingerprint density at radius 2 is 1.63 bits per heavy atom. The first kappa shape index (κ1) is 24.3. The number of benzene rings is 1. The fourth-order valence-corrected chi connectivity index (χ4v) is 3.55. The molecule has 1 aromatic rings. The van der Waals surface area contributed by atoms with Crippen molar-refractivity contribution in [3.8, 4) is 11.5 Å². The lowest BCUT2D eigenvalue weighted by Gasteiger charge is -2.33. The lowest BCUT2D eigenvalue weighted by molar-refractivity contribution is 0.140. The molecule has 7 nitrogen and oxygen atoms in total. The number of guanidine groups is 1. The molecule has 0 spiro atoms. The molecule has 0 atom stereocenters. The number of rotatable bonds is 12. The summed E-state index contributed by atoms with van der Waals surface area (Å²) < 4.78 is 11.4. The van der Waals surface area contributed by atoms with E-state index in [1.807, 2.05) is 19.9 Å². The van der Waals surface area contributed by atoms with Crippen molar-refractivity contribution >= 4 is 5.96 Å². The zero-order chi connectivity index (χ0) is 21.6. The molecule has 1 aromatic carbocycles. The molecule has 0 aromatic heterocycles. The molecule has 1 saturated heterocycles. The minimum absolute atomic E-state index is 0.631. The summed E-state index contributed by atoms with van der Waals surface area (Å²) in [5.41, 5.74) is 1.22. The maximum atomic E-state index is 5.73. The second-order valence-corrected chi connectivity index (χ2v) is 7.36. The van der Waals surface area contributed by atoms with Gasteiger partial charge < -0.3 is 25.0 Å². The molecule has 1 heterocycles. The minimum Gasteiger partial charge on any atom is -0.490 e.